The van der Waals surface area contributed by atoms with Crippen molar-refractivity contribution in [2.75, 3.05) is 5.32 Å². The van der Waals surface area contributed by atoms with E-state index in [0.29, 0.717) is 42.6 Å². The van der Waals surface area contributed by atoms with Crippen LogP contribution in [0.1, 0.15) is 43.7 Å². The lowest BCUT2D eigenvalue weighted by molar-refractivity contribution is -0.122. The van der Waals surface area contributed by atoms with E-state index in [-0.39, 0.29) is 17.6 Å². The summed E-state index contributed by atoms with van der Waals surface area (Å²) in [6.45, 7) is 1.90. The van der Waals surface area contributed by atoms with Crippen LogP contribution < -0.4 is 10.7 Å². The molecule has 1 atom stereocenters. The van der Waals surface area contributed by atoms with E-state index >= 15 is 0 Å². The van der Waals surface area contributed by atoms with Crippen LogP contribution >= 0.6 is 0 Å². The van der Waals surface area contributed by atoms with E-state index in [0.717, 1.165) is 23.3 Å². The predicted octanol–water partition coefficient (Wildman–Crippen LogP) is 4.35. The molecule has 6 heteroatoms. The number of benzene rings is 2. The molecule has 1 aliphatic carbocycles. The average Bonchev–Trinajstić information content (AvgIpc) is 2.73. The zero-order chi connectivity index (χ0) is 21.1. The number of anilines is 1. The molecule has 2 aromatic carbocycles. The Morgan fingerprint density at radius 1 is 1.13 bits per heavy atom. The van der Waals surface area contributed by atoms with Gasteiger partial charge in [-0.05, 0) is 30.5 Å². The van der Waals surface area contributed by atoms with Gasteiger partial charge in [0.05, 0.1) is 11.4 Å². The SMILES string of the molecule is CC1CC(=O)NN=C1c1ccc(NC2=C(Cc3ccccc3)C(=O)CCC2)c(F)c1. The van der Waals surface area contributed by atoms with Crippen molar-refractivity contribution < 1.29 is 14.0 Å². The molecule has 5 nitrogen and oxygen atoms in total. The van der Waals surface area contributed by atoms with Gasteiger partial charge in [0, 0.05) is 42.0 Å². The zero-order valence-electron chi connectivity index (χ0n) is 16.9. The van der Waals surface area contributed by atoms with Gasteiger partial charge in [0.15, 0.2) is 5.78 Å². The van der Waals surface area contributed by atoms with Gasteiger partial charge >= 0.3 is 0 Å². The van der Waals surface area contributed by atoms with E-state index in [1.54, 1.807) is 12.1 Å². The molecule has 2 N–H and O–H groups in total. The van der Waals surface area contributed by atoms with Crippen molar-refractivity contribution in [1.29, 1.82) is 0 Å². The summed E-state index contributed by atoms with van der Waals surface area (Å²) in [6.07, 6.45) is 2.87. The van der Waals surface area contributed by atoms with Crippen LogP contribution in [0.2, 0.25) is 0 Å². The van der Waals surface area contributed by atoms with E-state index < -0.39 is 5.82 Å². The number of hydrazone groups is 1. The van der Waals surface area contributed by atoms with Gasteiger partial charge in [0.2, 0.25) is 5.91 Å². The monoisotopic (exact) mass is 405 g/mol. The third-order valence-corrected chi connectivity index (χ3v) is 5.57. The molecule has 0 saturated carbocycles. The van der Waals surface area contributed by atoms with Crippen molar-refractivity contribution in [2.45, 2.75) is 39.0 Å². The Morgan fingerprint density at radius 2 is 1.93 bits per heavy atom. The summed E-state index contributed by atoms with van der Waals surface area (Å²) in [6, 6.07) is 14.7. The maximum Gasteiger partial charge on any atom is 0.240 e. The van der Waals surface area contributed by atoms with Gasteiger partial charge < -0.3 is 5.32 Å². The smallest absolute Gasteiger partial charge is 0.240 e. The quantitative estimate of drug-likeness (QED) is 0.777. The third-order valence-electron chi connectivity index (χ3n) is 5.57. The number of nitrogens with one attached hydrogen (secondary N) is 2. The Labute approximate surface area is 175 Å². The standard InChI is InChI=1S/C24H24FN3O2/c1-15-12-23(30)27-28-24(15)17-10-11-21(19(25)14-17)26-20-8-5-9-22(29)18(20)13-16-6-3-2-4-7-16/h2-4,6-7,10-11,14-15,26H,5,8-9,12-13H2,1H3,(H,27,30). The summed E-state index contributed by atoms with van der Waals surface area (Å²) >= 11 is 0. The van der Waals surface area contributed by atoms with Gasteiger partial charge in [-0.25, -0.2) is 9.82 Å². The Hall–Kier alpha value is -3.28. The zero-order valence-corrected chi connectivity index (χ0v) is 16.9. The number of ketones is 1. The molecule has 0 radical (unpaired) electrons. The number of halogens is 1. The summed E-state index contributed by atoms with van der Waals surface area (Å²) in [5.74, 6) is -0.507. The minimum Gasteiger partial charge on any atom is -0.356 e. The van der Waals surface area contributed by atoms with E-state index in [4.69, 9.17) is 0 Å². The first-order chi connectivity index (χ1) is 14.5. The van der Waals surface area contributed by atoms with Crippen molar-refractivity contribution in [3.63, 3.8) is 0 Å². The first-order valence-electron chi connectivity index (χ1n) is 10.2. The molecule has 30 heavy (non-hydrogen) atoms. The average molecular weight is 405 g/mol. The lowest BCUT2D eigenvalue weighted by Crippen LogP contribution is -2.32. The number of rotatable bonds is 5. The summed E-state index contributed by atoms with van der Waals surface area (Å²) in [4.78, 5) is 24.0. The lowest BCUT2D eigenvalue weighted by atomic mass is 9.90. The molecule has 154 valence electrons. The predicted molar refractivity (Wildman–Crippen MR) is 115 cm³/mol. The second-order valence-electron chi connectivity index (χ2n) is 7.85. The second-order valence-corrected chi connectivity index (χ2v) is 7.85. The highest BCUT2D eigenvalue weighted by molar-refractivity contribution is 6.06. The molecule has 2 aromatic rings. The lowest BCUT2D eigenvalue weighted by Gasteiger charge is -2.22. The van der Waals surface area contributed by atoms with Gasteiger partial charge in [-0.3, -0.25) is 9.59 Å². The molecule has 1 unspecified atom stereocenters. The van der Waals surface area contributed by atoms with Gasteiger partial charge in [-0.2, -0.15) is 5.10 Å². The van der Waals surface area contributed by atoms with Crippen LogP contribution in [0.5, 0.6) is 0 Å². The van der Waals surface area contributed by atoms with Crippen molar-refractivity contribution in [2.24, 2.45) is 11.0 Å². The number of hydrogen-bond acceptors (Lipinski definition) is 4. The largest absolute Gasteiger partial charge is 0.356 e. The molecule has 0 aromatic heterocycles. The van der Waals surface area contributed by atoms with E-state index in [1.807, 2.05) is 37.3 Å². The van der Waals surface area contributed by atoms with Crippen molar-refractivity contribution >= 4 is 23.1 Å². The van der Waals surface area contributed by atoms with Crippen molar-refractivity contribution in [3.05, 3.63) is 76.7 Å². The summed E-state index contributed by atoms with van der Waals surface area (Å²) in [5.41, 5.74) is 6.68. The van der Waals surface area contributed by atoms with Gasteiger partial charge in [-0.1, -0.05) is 43.3 Å². The Balaban J connectivity index is 1.60. The first-order valence-corrected chi connectivity index (χ1v) is 10.2. The molecule has 0 saturated heterocycles. The third kappa shape index (κ3) is 4.32. The summed E-state index contributed by atoms with van der Waals surface area (Å²) in [7, 11) is 0. The minimum absolute atomic E-state index is 0.0758. The molecule has 2 aliphatic rings. The Bertz CT molecular complexity index is 1040. The topological polar surface area (TPSA) is 70.6 Å². The maximum atomic E-state index is 14.9. The van der Waals surface area contributed by atoms with Crippen LogP contribution in [0.25, 0.3) is 0 Å². The summed E-state index contributed by atoms with van der Waals surface area (Å²) < 4.78 is 14.9. The molecule has 0 spiro atoms. The normalized spacial score (nSPS) is 19.4. The van der Waals surface area contributed by atoms with Crippen molar-refractivity contribution in [1.82, 2.24) is 5.43 Å². The van der Waals surface area contributed by atoms with Crippen LogP contribution in [0, 0.1) is 11.7 Å². The number of carbonyl (C=O) groups is 2. The number of amides is 1. The molecular weight excluding hydrogens is 381 g/mol. The molecule has 0 fully saturated rings. The van der Waals surface area contributed by atoms with Crippen LogP contribution in [0.3, 0.4) is 0 Å². The number of hydrogen-bond donors (Lipinski definition) is 2. The molecule has 0 bridgehead atoms. The highest BCUT2D eigenvalue weighted by atomic mass is 19.1. The molecule has 4 rings (SSSR count). The molecule has 1 amide bonds. The Morgan fingerprint density at radius 3 is 2.67 bits per heavy atom. The Kier molecular flexibility index (Phi) is 5.74. The number of Topliss-reactive ketones (excluding diaryl/α,β-unsaturated/α-hetero) is 1. The number of nitrogens with zero attached hydrogens (tertiary/aromatic N) is 1. The first kappa shape index (κ1) is 20.0. The van der Waals surface area contributed by atoms with Crippen LogP contribution in [0.4, 0.5) is 10.1 Å². The van der Waals surface area contributed by atoms with Crippen molar-refractivity contribution in [3.8, 4) is 0 Å². The fourth-order valence-electron chi connectivity index (χ4n) is 3.98. The second kappa shape index (κ2) is 8.61. The van der Waals surface area contributed by atoms with Crippen LogP contribution in [-0.4, -0.2) is 17.4 Å². The van der Waals surface area contributed by atoms with E-state index in [2.05, 4.69) is 15.8 Å². The van der Waals surface area contributed by atoms with Gasteiger partial charge in [0.1, 0.15) is 5.82 Å². The van der Waals surface area contributed by atoms with Gasteiger partial charge in [-0.15, -0.1) is 0 Å². The van der Waals surface area contributed by atoms with E-state index in [1.165, 1.54) is 6.07 Å². The van der Waals surface area contributed by atoms with Crippen LogP contribution in [0.15, 0.2) is 64.9 Å². The fourth-order valence-corrected chi connectivity index (χ4v) is 3.98. The molecule has 1 aliphatic heterocycles. The molecular formula is C24H24FN3O2. The van der Waals surface area contributed by atoms with Gasteiger partial charge in [0.25, 0.3) is 0 Å². The highest BCUT2D eigenvalue weighted by Crippen LogP contribution is 2.28. The maximum absolute atomic E-state index is 14.9. The minimum atomic E-state index is -0.413. The summed E-state index contributed by atoms with van der Waals surface area (Å²) in [5, 5.41) is 7.27. The number of carbonyl (C=O) groups excluding carboxylic acids is 2. The van der Waals surface area contributed by atoms with Crippen LogP contribution in [-0.2, 0) is 16.0 Å². The number of allylic oxidation sites excluding steroid dienone is 2. The fraction of sp³-hybridized carbons (Fsp3) is 0.292. The molecule has 1 heterocycles. The van der Waals surface area contributed by atoms with E-state index in [9.17, 15) is 14.0 Å². The highest BCUT2D eigenvalue weighted by Gasteiger charge is 2.24.